The van der Waals surface area contributed by atoms with Crippen molar-refractivity contribution >= 4 is 5.91 Å². The molecule has 0 spiro atoms. The first kappa shape index (κ1) is 15.2. The SMILES string of the molecule is CCCN(Cc1ccccc1)C(=O)c1ccc(F)cc1F. The number of carbonyl (C=O) groups excluding carboxylic acids is 1. The third-order valence-corrected chi connectivity index (χ3v) is 3.16. The molecule has 2 rings (SSSR count). The van der Waals surface area contributed by atoms with Crippen molar-refractivity contribution < 1.29 is 13.6 Å². The van der Waals surface area contributed by atoms with Gasteiger partial charge < -0.3 is 4.90 Å². The third kappa shape index (κ3) is 3.88. The fourth-order valence-corrected chi connectivity index (χ4v) is 2.16. The lowest BCUT2D eigenvalue weighted by Crippen LogP contribution is -2.32. The van der Waals surface area contributed by atoms with Crippen LogP contribution in [-0.2, 0) is 6.54 Å². The number of nitrogens with zero attached hydrogens (tertiary/aromatic N) is 1. The van der Waals surface area contributed by atoms with E-state index in [0.29, 0.717) is 13.1 Å². The Hall–Kier alpha value is -2.23. The Kier molecular flexibility index (Phi) is 5.04. The maximum Gasteiger partial charge on any atom is 0.257 e. The molecular weight excluding hydrogens is 272 g/mol. The zero-order valence-electron chi connectivity index (χ0n) is 11.9. The van der Waals surface area contributed by atoms with Crippen molar-refractivity contribution in [1.82, 2.24) is 4.90 Å². The summed E-state index contributed by atoms with van der Waals surface area (Å²) in [6.45, 7) is 2.88. The van der Waals surface area contributed by atoms with Gasteiger partial charge in [0.2, 0.25) is 0 Å². The summed E-state index contributed by atoms with van der Waals surface area (Å²) >= 11 is 0. The first-order valence-corrected chi connectivity index (χ1v) is 6.90. The maximum absolute atomic E-state index is 13.8. The summed E-state index contributed by atoms with van der Waals surface area (Å²) in [5, 5.41) is 0. The molecule has 0 unspecified atom stereocenters. The van der Waals surface area contributed by atoms with Gasteiger partial charge in [-0.05, 0) is 24.1 Å². The normalized spacial score (nSPS) is 10.4. The Morgan fingerprint density at radius 3 is 2.43 bits per heavy atom. The zero-order valence-corrected chi connectivity index (χ0v) is 11.9. The number of benzene rings is 2. The first-order chi connectivity index (χ1) is 10.1. The van der Waals surface area contributed by atoms with Crippen LogP contribution in [-0.4, -0.2) is 17.4 Å². The summed E-state index contributed by atoms with van der Waals surface area (Å²) < 4.78 is 26.7. The van der Waals surface area contributed by atoms with E-state index in [4.69, 9.17) is 0 Å². The Morgan fingerprint density at radius 2 is 1.81 bits per heavy atom. The van der Waals surface area contributed by atoms with Crippen molar-refractivity contribution in [3.63, 3.8) is 0 Å². The number of carbonyl (C=O) groups is 1. The van der Waals surface area contributed by atoms with E-state index in [0.717, 1.165) is 24.1 Å². The van der Waals surface area contributed by atoms with E-state index in [2.05, 4.69) is 0 Å². The minimum atomic E-state index is -0.825. The van der Waals surface area contributed by atoms with Crippen LogP contribution in [0.3, 0.4) is 0 Å². The van der Waals surface area contributed by atoms with Crippen LogP contribution in [0.5, 0.6) is 0 Å². The molecule has 2 aromatic carbocycles. The van der Waals surface area contributed by atoms with Gasteiger partial charge >= 0.3 is 0 Å². The third-order valence-electron chi connectivity index (χ3n) is 3.16. The van der Waals surface area contributed by atoms with Crippen LogP contribution in [0.25, 0.3) is 0 Å². The Balaban J connectivity index is 2.23. The molecule has 4 heteroatoms. The molecule has 0 fully saturated rings. The lowest BCUT2D eigenvalue weighted by Gasteiger charge is -2.22. The van der Waals surface area contributed by atoms with Crippen LogP contribution in [0.1, 0.15) is 29.3 Å². The van der Waals surface area contributed by atoms with Gasteiger partial charge in [0.15, 0.2) is 0 Å². The molecule has 2 aromatic rings. The number of hydrogen-bond acceptors (Lipinski definition) is 1. The standard InChI is InChI=1S/C17H17F2NO/c1-2-10-20(12-13-6-4-3-5-7-13)17(21)15-9-8-14(18)11-16(15)19/h3-9,11H,2,10,12H2,1H3. The van der Waals surface area contributed by atoms with Crippen molar-refractivity contribution in [2.45, 2.75) is 19.9 Å². The minimum Gasteiger partial charge on any atom is -0.334 e. The predicted molar refractivity (Wildman–Crippen MR) is 77.8 cm³/mol. The monoisotopic (exact) mass is 289 g/mol. The van der Waals surface area contributed by atoms with Gasteiger partial charge in [-0.1, -0.05) is 37.3 Å². The Bertz CT molecular complexity index is 613. The molecule has 0 heterocycles. The zero-order chi connectivity index (χ0) is 15.2. The maximum atomic E-state index is 13.8. The average Bonchev–Trinajstić information content (AvgIpc) is 2.47. The van der Waals surface area contributed by atoms with Crippen molar-refractivity contribution in [3.05, 3.63) is 71.3 Å². The molecule has 0 atom stereocenters. The fourth-order valence-electron chi connectivity index (χ4n) is 2.16. The number of amides is 1. The molecule has 0 aromatic heterocycles. The minimum absolute atomic E-state index is 0.0965. The van der Waals surface area contributed by atoms with Crippen molar-refractivity contribution in [2.24, 2.45) is 0 Å². The van der Waals surface area contributed by atoms with E-state index < -0.39 is 17.5 Å². The quantitative estimate of drug-likeness (QED) is 0.814. The smallest absolute Gasteiger partial charge is 0.257 e. The van der Waals surface area contributed by atoms with E-state index in [1.165, 1.54) is 6.07 Å². The molecule has 0 N–H and O–H groups in total. The van der Waals surface area contributed by atoms with Gasteiger partial charge in [-0.25, -0.2) is 8.78 Å². The molecule has 0 bridgehead atoms. The average molecular weight is 289 g/mol. The summed E-state index contributed by atoms with van der Waals surface area (Å²) in [5.74, 6) is -1.93. The van der Waals surface area contributed by atoms with Crippen LogP contribution >= 0.6 is 0 Å². The topological polar surface area (TPSA) is 20.3 Å². The van der Waals surface area contributed by atoms with Crippen molar-refractivity contribution in [2.75, 3.05) is 6.54 Å². The highest BCUT2D eigenvalue weighted by molar-refractivity contribution is 5.94. The van der Waals surface area contributed by atoms with Crippen molar-refractivity contribution in [1.29, 1.82) is 0 Å². The van der Waals surface area contributed by atoms with Crippen LogP contribution in [0.15, 0.2) is 48.5 Å². The summed E-state index contributed by atoms with van der Waals surface area (Å²) in [7, 11) is 0. The van der Waals surface area contributed by atoms with Crippen LogP contribution in [0.4, 0.5) is 8.78 Å². The van der Waals surface area contributed by atoms with Gasteiger partial charge in [-0.3, -0.25) is 4.79 Å². The molecule has 1 amide bonds. The molecule has 0 aliphatic carbocycles. The molecule has 0 aliphatic rings. The fraction of sp³-hybridized carbons (Fsp3) is 0.235. The second kappa shape index (κ2) is 6.97. The van der Waals surface area contributed by atoms with E-state index in [1.807, 2.05) is 37.3 Å². The molecule has 0 saturated carbocycles. The Labute approximate surface area is 123 Å². The molecule has 0 saturated heterocycles. The summed E-state index contributed by atoms with van der Waals surface area (Å²) in [4.78, 5) is 14.0. The van der Waals surface area contributed by atoms with Gasteiger partial charge in [-0.15, -0.1) is 0 Å². The molecular formula is C17H17F2NO. The molecule has 0 radical (unpaired) electrons. The highest BCUT2D eigenvalue weighted by Crippen LogP contribution is 2.15. The number of halogens is 2. The summed E-state index contributed by atoms with van der Waals surface area (Å²) in [6, 6.07) is 12.5. The van der Waals surface area contributed by atoms with Crippen LogP contribution in [0.2, 0.25) is 0 Å². The lowest BCUT2D eigenvalue weighted by atomic mass is 10.1. The van der Waals surface area contributed by atoms with Crippen LogP contribution in [0, 0.1) is 11.6 Å². The highest BCUT2D eigenvalue weighted by atomic mass is 19.1. The van der Waals surface area contributed by atoms with Crippen LogP contribution < -0.4 is 0 Å². The molecule has 2 nitrogen and oxygen atoms in total. The second-order valence-electron chi connectivity index (χ2n) is 4.84. The number of hydrogen-bond donors (Lipinski definition) is 0. The van der Waals surface area contributed by atoms with E-state index in [9.17, 15) is 13.6 Å². The molecule has 21 heavy (non-hydrogen) atoms. The van der Waals surface area contributed by atoms with Gasteiger partial charge in [0.1, 0.15) is 11.6 Å². The van der Waals surface area contributed by atoms with Gasteiger partial charge in [0.05, 0.1) is 5.56 Å². The highest BCUT2D eigenvalue weighted by Gasteiger charge is 2.19. The molecule has 110 valence electrons. The summed E-state index contributed by atoms with van der Waals surface area (Å²) in [5.41, 5.74) is 0.877. The van der Waals surface area contributed by atoms with E-state index in [-0.39, 0.29) is 5.56 Å². The van der Waals surface area contributed by atoms with Gasteiger partial charge in [0, 0.05) is 19.2 Å². The van der Waals surface area contributed by atoms with Gasteiger partial charge in [-0.2, -0.15) is 0 Å². The van der Waals surface area contributed by atoms with E-state index >= 15 is 0 Å². The largest absolute Gasteiger partial charge is 0.334 e. The van der Waals surface area contributed by atoms with E-state index in [1.54, 1.807) is 4.90 Å². The van der Waals surface area contributed by atoms with Crippen molar-refractivity contribution in [3.8, 4) is 0 Å². The Morgan fingerprint density at radius 1 is 1.10 bits per heavy atom. The lowest BCUT2D eigenvalue weighted by molar-refractivity contribution is 0.0738. The second-order valence-corrected chi connectivity index (χ2v) is 4.84. The van der Waals surface area contributed by atoms with Gasteiger partial charge in [0.25, 0.3) is 5.91 Å². The number of rotatable bonds is 5. The molecule has 0 aliphatic heterocycles. The summed E-state index contributed by atoms with van der Waals surface area (Å²) in [6.07, 6.45) is 0.765. The predicted octanol–water partition coefficient (Wildman–Crippen LogP) is 4.02. The first-order valence-electron chi connectivity index (χ1n) is 6.90.